The molecule has 1 saturated heterocycles. The number of fused-ring (bicyclic) bond motifs is 3. The molecule has 2 aromatic rings. The van der Waals surface area contributed by atoms with Gasteiger partial charge in [0.25, 0.3) is 0 Å². The molecule has 0 saturated carbocycles. The van der Waals surface area contributed by atoms with Crippen LogP contribution in [0.15, 0.2) is 15.9 Å². The number of rotatable bonds is 4. The summed E-state index contributed by atoms with van der Waals surface area (Å²) in [7, 11) is 0. The standard InChI is InChI=1S/C21H20F5N3O4S/c1-8(2)33-19(31)13-17(30)11-6-12(22)16(14(23)15(11)29-9(3)34-18(13)29)28-5-4-10(7-28)27-20(32)21(24,25)26/h6,8-10H,4-5,7H2,1-3H3,(H,27,32)/t9?,10-/m0/s1. The van der Waals surface area contributed by atoms with Gasteiger partial charge in [0, 0.05) is 19.1 Å². The Hall–Kier alpha value is -2.83. The van der Waals surface area contributed by atoms with E-state index in [1.54, 1.807) is 20.8 Å². The summed E-state index contributed by atoms with van der Waals surface area (Å²) < 4.78 is 74.9. The number of pyridine rings is 1. The Kier molecular flexibility index (Phi) is 6.03. The molecule has 13 heteroatoms. The molecule has 1 amide bonds. The number of nitrogens with one attached hydrogen (secondary N) is 1. The molecule has 3 heterocycles. The Morgan fingerprint density at radius 1 is 1.26 bits per heavy atom. The third kappa shape index (κ3) is 3.99. The van der Waals surface area contributed by atoms with E-state index < -0.39 is 52.9 Å². The molecule has 2 aliphatic heterocycles. The van der Waals surface area contributed by atoms with Crippen LogP contribution in [0.5, 0.6) is 0 Å². The zero-order valence-corrected chi connectivity index (χ0v) is 19.1. The lowest BCUT2D eigenvalue weighted by molar-refractivity contribution is -0.174. The number of ether oxygens (including phenoxy) is 1. The van der Waals surface area contributed by atoms with Gasteiger partial charge in [0.2, 0.25) is 5.43 Å². The molecule has 1 unspecified atom stereocenters. The Balaban J connectivity index is 1.77. The maximum atomic E-state index is 15.7. The van der Waals surface area contributed by atoms with Crippen molar-refractivity contribution >= 4 is 40.2 Å². The molecular weight excluding hydrogens is 485 g/mol. The van der Waals surface area contributed by atoms with Crippen LogP contribution in [0.3, 0.4) is 0 Å². The number of anilines is 1. The van der Waals surface area contributed by atoms with E-state index in [1.807, 2.05) is 5.32 Å². The van der Waals surface area contributed by atoms with Crippen LogP contribution in [-0.4, -0.2) is 47.9 Å². The predicted molar refractivity (Wildman–Crippen MR) is 114 cm³/mol. The van der Waals surface area contributed by atoms with Crippen molar-refractivity contribution in [2.45, 2.75) is 55.9 Å². The number of thioether (sulfide) groups is 1. The number of nitrogens with zero attached hydrogens (tertiary/aromatic N) is 2. The number of amides is 1. The highest BCUT2D eigenvalue weighted by molar-refractivity contribution is 8.00. The maximum absolute atomic E-state index is 15.7. The average Bonchev–Trinajstić information content (AvgIpc) is 3.15. The highest BCUT2D eigenvalue weighted by Gasteiger charge is 2.41. The van der Waals surface area contributed by atoms with Gasteiger partial charge in [-0.15, -0.1) is 0 Å². The zero-order chi connectivity index (χ0) is 25.1. The highest BCUT2D eigenvalue weighted by atomic mass is 32.2. The summed E-state index contributed by atoms with van der Waals surface area (Å²) >= 11 is 1.16. The van der Waals surface area contributed by atoms with E-state index in [0.29, 0.717) is 0 Å². The fourth-order valence-corrected chi connectivity index (χ4v) is 5.32. The van der Waals surface area contributed by atoms with Crippen molar-refractivity contribution in [1.82, 2.24) is 9.88 Å². The Morgan fingerprint density at radius 3 is 2.53 bits per heavy atom. The number of carbonyl (C=O) groups is 2. The molecule has 4 rings (SSSR count). The third-order valence-corrected chi connectivity index (χ3v) is 6.78. The van der Waals surface area contributed by atoms with Crippen LogP contribution >= 0.6 is 11.8 Å². The van der Waals surface area contributed by atoms with Gasteiger partial charge in [-0.05, 0) is 33.3 Å². The lowest BCUT2D eigenvalue weighted by Gasteiger charge is -2.34. The highest BCUT2D eigenvalue weighted by Crippen LogP contribution is 2.48. The molecule has 1 aromatic heterocycles. The monoisotopic (exact) mass is 505 g/mol. The molecule has 1 aromatic carbocycles. The van der Waals surface area contributed by atoms with Crippen LogP contribution in [-0.2, 0) is 9.53 Å². The largest absolute Gasteiger partial charge is 0.471 e. The number of benzene rings is 1. The topological polar surface area (TPSA) is 80.6 Å². The number of alkyl halides is 3. The van der Waals surface area contributed by atoms with Gasteiger partial charge in [-0.25, -0.2) is 13.6 Å². The van der Waals surface area contributed by atoms with Gasteiger partial charge >= 0.3 is 18.1 Å². The van der Waals surface area contributed by atoms with E-state index in [0.717, 1.165) is 17.8 Å². The smallest absolute Gasteiger partial charge is 0.459 e. The average molecular weight is 505 g/mol. The van der Waals surface area contributed by atoms with Crippen LogP contribution in [0, 0.1) is 11.6 Å². The first kappa shape index (κ1) is 24.3. The van der Waals surface area contributed by atoms with E-state index >= 15 is 8.78 Å². The van der Waals surface area contributed by atoms with Crippen molar-refractivity contribution in [2.75, 3.05) is 18.0 Å². The van der Waals surface area contributed by atoms with E-state index in [9.17, 15) is 27.6 Å². The van der Waals surface area contributed by atoms with E-state index in [-0.39, 0.29) is 46.4 Å². The number of esters is 1. The van der Waals surface area contributed by atoms with Crippen molar-refractivity contribution in [3.63, 3.8) is 0 Å². The van der Waals surface area contributed by atoms with Gasteiger partial charge in [-0.2, -0.15) is 13.2 Å². The lowest BCUT2D eigenvalue weighted by atomic mass is 10.1. The van der Waals surface area contributed by atoms with Crippen molar-refractivity contribution in [2.24, 2.45) is 0 Å². The van der Waals surface area contributed by atoms with E-state index in [4.69, 9.17) is 4.74 Å². The molecule has 184 valence electrons. The molecule has 7 nitrogen and oxygen atoms in total. The van der Waals surface area contributed by atoms with Crippen molar-refractivity contribution in [3.8, 4) is 0 Å². The molecule has 0 radical (unpaired) electrons. The lowest BCUT2D eigenvalue weighted by Crippen LogP contribution is -2.44. The molecule has 2 atom stereocenters. The number of halogens is 5. The summed E-state index contributed by atoms with van der Waals surface area (Å²) in [5, 5.41) is 1.31. The summed E-state index contributed by atoms with van der Waals surface area (Å²) in [6.45, 7) is 4.65. The summed E-state index contributed by atoms with van der Waals surface area (Å²) in [6.07, 6.45) is -5.54. The molecule has 0 spiro atoms. The van der Waals surface area contributed by atoms with Crippen molar-refractivity contribution < 1.29 is 36.3 Å². The second-order valence-corrected chi connectivity index (χ2v) is 9.68. The molecule has 0 bridgehead atoms. The number of hydrogen-bond donors (Lipinski definition) is 1. The summed E-state index contributed by atoms with van der Waals surface area (Å²) in [6, 6.07) is -0.135. The number of carbonyl (C=O) groups excluding carboxylic acids is 2. The van der Waals surface area contributed by atoms with Crippen molar-refractivity contribution in [3.05, 3.63) is 33.5 Å². The zero-order valence-electron chi connectivity index (χ0n) is 18.3. The fourth-order valence-electron chi connectivity index (χ4n) is 4.18. The van der Waals surface area contributed by atoms with Crippen LogP contribution < -0.4 is 15.6 Å². The summed E-state index contributed by atoms with van der Waals surface area (Å²) in [4.78, 5) is 38.0. The van der Waals surface area contributed by atoms with Gasteiger partial charge in [0.1, 0.15) is 17.1 Å². The minimum Gasteiger partial charge on any atom is -0.459 e. The Morgan fingerprint density at radius 2 is 1.94 bits per heavy atom. The minimum absolute atomic E-state index is 0.0116. The fraction of sp³-hybridized carbons (Fsp3) is 0.476. The van der Waals surface area contributed by atoms with Gasteiger partial charge < -0.3 is 19.5 Å². The molecule has 1 fully saturated rings. The number of hydrogen-bond acceptors (Lipinski definition) is 6. The van der Waals surface area contributed by atoms with Gasteiger partial charge in [-0.1, -0.05) is 11.8 Å². The summed E-state index contributed by atoms with van der Waals surface area (Å²) in [5.74, 6) is -5.18. The first-order valence-electron chi connectivity index (χ1n) is 10.4. The first-order chi connectivity index (χ1) is 15.8. The normalized spacial score (nSPS) is 19.9. The third-order valence-electron chi connectivity index (χ3n) is 5.60. The van der Waals surface area contributed by atoms with Crippen LogP contribution in [0.2, 0.25) is 0 Å². The minimum atomic E-state index is -5.07. The second kappa shape index (κ2) is 8.43. The van der Waals surface area contributed by atoms with Crippen molar-refractivity contribution in [1.29, 1.82) is 0 Å². The summed E-state index contributed by atoms with van der Waals surface area (Å²) in [5.41, 5.74) is -1.88. The molecule has 34 heavy (non-hydrogen) atoms. The van der Waals surface area contributed by atoms with Gasteiger partial charge in [-0.3, -0.25) is 9.59 Å². The predicted octanol–water partition coefficient (Wildman–Crippen LogP) is 3.73. The van der Waals surface area contributed by atoms with Crippen LogP contribution in [0.4, 0.5) is 27.6 Å². The molecule has 1 N–H and O–H groups in total. The Labute approximate surface area is 194 Å². The Bertz CT molecular complexity index is 1260. The number of aromatic nitrogens is 1. The molecule has 2 aliphatic rings. The molecule has 0 aliphatic carbocycles. The molecular formula is C21H20F5N3O4S. The van der Waals surface area contributed by atoms with Crippen LogP contribution in [0.1, 0.15) is 42.9 Å². The van der Waals surface area contributed by atoms with E-state index in [2.05, 4.69) is 0 Å². The quantitative estimate of drug-likeness (QED) is 0.504. The van der Waals surface area contributed by atoms with E-state index in [1.165, 1.54) is 9.47 Å². The maximum Gasteiger partial charge on any atom is 0.471 e. The van der Waals surface area contributed by atoms with Gasteiger partial charge in [0.15, 0.2) is 5.82 Å². The SMILES string of the molecule is CC(C)OC(=O)c1c2n(c3c(F)c(N4CC[C@H](NC(=O)C(F)(F)F)C4)c(F)cc3c1=O)C(C)S2. The first-order valence-corrected chi connectivity index (χ1v) is 11.3. The second-order valence-electron chi connectivity index (χ2n) is 8.37. The van der Waals surface area contributed by atoms with Crippen LogP contribution in [0.25, 0.3) is 10.9 Å². The van der Waals surface area contributed by atoms with Gasteiger partial charge in [0.05, 0.1) is 27.4 Å².